The second-order valence-corrected chi connectivity index (χ2v) is 5.07. The molecule has 3 N–H and O–H groups in total. The zero-order chi connectivity index (χ0) is 15.7. The number of benzodiazepines with no additional fused rings is 1. The standard InChI is InChI=1S/C16H11ClFN3O/c17-9-5-6-13-11(7-9)15(10-3-1-2-4-12(10)18)20-14(8-19)16(22)21-13/h1-8H,19H2,(H,21,22). The molecule has 6 heteroatoms. The zero-order valence-corrected chi connectivity index (χ0v) is 12.1. The van der Waals surface area contributed by atoms with Gasteiger partial charge in [0, 0.05) is 22.3 Å². The fourth-order valence-corrected chi connectivity index (χ4v) is 2.38. The summed E-state index contributed by atoms with van der Waals surface area (Å²) in [6.45, 7) is 0. The van der Waals surface area contributed by atoms with Crippen molar-refractivity contribution >= 4 is 28.9 Å². The van der Waals surface area contributed by atoms with Crippen LogP contribution in [0.15, 0.2) is 59.4 Å². The van der Waals surface area contributed by atoms with Gasteiger partial charge in [0.1, 0.15) is 11.5 Å². The van der Waals surface area contributed by atoms with Crippen LogP contribution >= 0.6 is 11.6 Å². The maximum Gasteiger partial charge on any atom is 0.275 e. The summed E-state index contributed by atoms with van der Waals surface area (Å²) >= 11 is 6.03. The molecule has 0 saturated carbocycles. The van der Waals surface area contributed by atoms with E-state index in [1.807, 2.05) is 0 Å². The molecule has 110 valence electrons. The highest BCUT2D eigenvalue weighted by molar-refractivity contribution is 6.32. The predicted octanol–water partition coefficient (Wildman–Crippen LogP) is 3.07. The lowest BCUT2D eigenvalue weighted by Crippen LogP contribution is -2.13. The first-order valence-corrected chi connectivity index (χ1v) is 6.84. The number of carbonyl (C=O) groups excluding carboxylic acids is 1. The molecule has 0 spiro atoms. The lowest BCUT2D eigenvalue weighted by molar-refractivity contribution is -0.112. The van der Waals surface area contributed by atoms with Gasteiger partial charge in [-0.15, -0.1) is 0 Å². The molecule has 1 heterocycles. The van der Waals surface area contributed by atoms with Crippen molar-refractivity contribution in [3.63, 3.8) is 0 Å². The molecule has 0 aromatic heterocycles. The Balaban J connectivity index is 2.31. The summed E-state index contributed by atoms with van der Waals surface area (Å²) in [4.78, 5) is 16.3. The van der Waals surface area contributed by atoms with Crippen molar-refractivity contribution in [3.05, 3.63) is 76.3 Å². The Morgan fingerprint density at radius 3 is 2.68 bits per heavy atom. The van der Waals surface area contributed by atoms with Gasteiger partial charge >= 0.3 is 0 Å². The van der Waals surface area contributed by atoms with Crippen molar-refractivity contribution in [2.24, 2.45) is 10.7 Å². The highest BCUT2D eigenvalue weighted by atomic mass is 35.5. The summed E-state index contributed by atoms with van der Waals surface area (Å²) < 4.78 is 14.2. The Kier molecular flexibility index (Phi) is 3.65. The minimum Gasteiger partial charge on any atom is -0.403 e. The number of nitrogens with two attached hydrogens (primary N) is 1. The molecule has 4 nitrogen and oxygen atoms in total. The Morgan fingerprint density at radius 1 is 1.18 bits per heavy atom. The van der Waals surface area contributed by atoms with Crippen LogP contribution in [0.1, 0.15) is 11.1 Å². The Hall–Kier alpha value is -2.66. The highest BCUT2D eigenvalue weighted by Crippen LogP contribution is 2.28. The number of fused-ring (bicyclic) bond motifs is 1. The molecule has 0 fully saturated rings. The Bertz CT molecular complexity index is 830. The summed E-state index contributed by atoms with van der Waals surface area (Å²) in [7, 11) is 0. The maximum atomic E-state index is 14.2. The quantitative estimate of drug-likeness (QED) is 0.794. The van der Waals surface area contributed by atoms with E-state index in [1.165, 1.54) is 6.07 Å². The van der Waals surface area contributed by atoms with Gasteiger partial charge in [0.15, 0.2) is 0 Å². The van der Waals surface area contributed by atoms with E-state index in [-0.39, 0.29) is 11.3 Å². The number of anilines is 1. The van der Waals surface area contributed by atoms with Crippen molar-refractivity contribution in [2.75, 3.05) is 5.32 Å². The number of carbonyl (C=O) groups is 1. The molecule has 0 radical (unpaired) electrons. The molecule has 3 rings (SSSR count). The molecule has 0 atom stereocenters. The molecule has 2 aromatic rings. The number of aliphatic imine (C=N–C) groups is 1. The van der Waals surface area contributed by atoms with E-state index in [9.17, 15) is 9.18 Å². The van der Waals surface area contributed by atoms with Crippen LogP contribution in [0.25, 0.3) is 0 Å². The van der Waals surface area contributed by atoms with Gasteiger partial charge in [-0.3, -0.25) is 4.79 Å². The van der Waals surface area contributed by atoms with Crippen LogP contribution in [0.4, 0.5) is 10.1 Å². The molecule has 0 unspecified atom stereocenters. The second-order valence-electron chi connectivity index (χ2n) is 4.64. The lowest BCUT2D eigenvalue weighted by Gasteiger charge is -2.10. The number of hydrogen-bond donors (Lipinski definition) is 2. The second kappa shape index (κ2) is 5.61. The summed E-state index contributed by atoms with van der Waals surface area (Å²) in [5.74, 6) is -0.907. The van der Waals surface area contributed by atoms with E-state index in [4.69, 9.17) is 17.3 Å². The van der Waals surface area contributed by atoms with Crippen LogP contribution in [0, 0.1) is 5.82 Å². The minimum absolute atomic E-state index is 0.00516. The SMILES string of the molecule is NC=C1N=C(c2ccccc2F)c2cc(Cl)ccc2NC1=O. The highest BCUT2D eigenvalue weighted by Gasteiger charge is 2.23. The summed E-state index contributed by atoms with van der Waals surface area (Å²) in [6, 6.07) is 11.1. The van der Waals surface area contributed by atoms with Crippen molar-refractivity contribution in [1.82, 2.24) is 0 Å². The van der Waals surface area contributed by atoms with Gasteiger partial charge in [0.25, 0.3) is 5.91 Å². The molecule has 0 bridgehead atoms. The topological polar surface area (TPSA) is 67.5 Å². The van der Waals surface area contributed by atoms with Crippen LogP contribution < -0.4 is 11.1 Å². The maximum absolute atomic E-state index is 14.2. The van der Waals surface area contributed by atoms with Gasteiger partial charge < -0.3 is 11.1 Å². The number of hydrogen-bond acceptors (Lipinski definition) is 3. The molecule has 22 heavy (non-hydrogen) atoms. The third kappa shape index (κ3) is 2.46. The van der Waals surface area contributed by atoms with Crippen molar-refractivity contribution in [2.45, 2.75) is 0 Å². The van der Waals surface area contributed by atoms with Gasteiger partial charge in [-0.2, -0.15) is 0 Å². The van der Waals surface area contributed by atoms with Crippen LogP contribution in [0.2, 0.25) is 5.02 Å². The smallest absolute Gasteiger partial charge is 0.275 e. The van der Waals surface area contributed by atoms with Crippen LogP contribution in [-0.4, -0.2) is 11.6 Å². The average molecular weight is 316 g/mol. The number of amides is 1. The van der Waals surface area contributed by atoms with E-state index in [0.717, 1.165) is 6.20 Å². The van der Waals surface area contributed by atoms with E-state index in [2.05, 4.69) is 10.3 Å². The largest absolute Gasteiger partial charge is 0.403 e. The van der Waals surface area contributed by atoms with Crippen LogP contribution in [-0.2, 0) is 4.79 Å². The first-order valence-electron chi connectivity index (χ1n) is 6.47. The molecular formula is C16H11ClFN3O. The summed E-state index contributed by atoms with van der Waals surface area (Å²) in [5.41, 5.74) is 7.05. The lowest BCUT2D eigenvalue weighted by atomic mass is 10.00. The molecule has 0 aliphatic carbocycles. The van der Waals surface area contributed by atoms with Gasteiger partial charge in [0.2, 0.25) is 0 Å². The van der Waals surface area contributed by atoms with Gasteiger partial charge in [0.05, 0.1) is 11.4 Å². The average Bonchev–Trinajstić information content (AvgIpc) is 2.64. The van der Waals surface area contributed by atoms with Crippen molar-refractivity contribution < 1.29 is 9.18 Å². The first-order chi connectivity index (χ1) is 10.6. The summed E-state index contributed by atoms with van der Waals surface area (Å²) in [6.07, 6.45) is 1.09. The van der Waals surface area contributed by atoms with E-state index in [1.54, 1.807) is 36.4 Å². The molecule has 0 saturated heterocycles. The predicted molar refractivity (Wildman–Crippen MR) is 84.4 cm³/mol. The van der Waals surface area contributed by atoms with Crippen LogP contribution in [0.5, 0.6) is 0 Å². The summed E-state index contributed by atoms with van der Waals surface area (Å²) in [5, 5.41) is 3.14. The fraction of sp³-hybridized carbons (Fsp3) is 0. The normalized spacial score (nSPS) is 15.8. The third-order valence-electron chi connectivity index (χ3n) is 3.24. The molecule has 1 aliphatic rings. The Labute approximate surface area is 131 Å². The molecule has 1 amide bonds. The number of nitrogens with zero attached hydrogens (tertiary/aromatic N) is 1. The van der Waals surface area contributed by atoms with Gasteiger partial charge in [-0.05, 0) is 30.3 Å². The number of nitrogens with one attached hydrogen (secondary N) is 1. The van der Waals surface area contributed by atoms with Gasteiger partial charge in [-0.1, -0.05) is 23.7 Å². The minimum atomic E-state index is -0.461. The molecule has 2 aromatic carbocycles. The van der Waals surface area contributed by atoms with Crippen molar-refractivity contribution in [1.29, 1.82) is 0 Å². The molecular weight excluding hydrogens is 305 g/mol. The monoisotopic (exact) mass is 315 g/mol. The van der Waals surface area contributed by atoms with Crippen molar-refractivity contribution in [3.8, 4) is 0 Å². The van der Waals surface area contributed by atoms with Crippen LogP contribution in [0.3, 0.4) is 0 Å². The fourth-order valence-electron chi connectivity index (χ4n) is 2.21. The first kappa shape index (κ1) is 14.3. The number of benzene rings is 2. The third-order valence-corrected chi connectivity index (χ3v) is 3.47. The van der Waals surface area contributed by atoms with E-state index >= 15 is 0 Å². The number of rotatable bonds is 1. The number of halogens is 2. The van der Waals surface area contributed by atoms with Gasteiger partial charge in [-0.25, -0.2) is 9.38 Å². The van der Waals surface area contributed by atoms with E-state index < -0.39 is 11.7 Å². The zero-order valence-electron chi connectivity index (χ0n) is 11.3. The van der Waals surface area contributed by atoms with E-state index in [0.29, 0.717) is 22.0 Å². The molecule has 1 aliphatic heterocycles. The Morgan fingerprint density at radius 2 is 1.95 bits per heavy atom.